The van der Waals surface area contributed by atoms with E-state index in [1.165, 1.54) is 6.20 Å². The summed E-state index contributed by atoms with van der Waals surface area (Å²) in [5.74, 6) is 1.62. The number of nitrogens with zero attached hydrogens (tertiary/aromatic N) is 6. The summed E-state index contributed by atoms with van der Waals surface area (Å²) in [6.45, 7) is 3.46. The average molecular weight is 406 g/mol. The van der Waals surface area contributed by atoms with Crippen molar-refractivity contribution in [2.75, 3.05) is 11.4 Å². The van der Waals surface area contributed by atoms with Gasteiger partial charge in [0, 0.05) is 12.7 Å². The van der Waals surface area contributed by atoms with E-state index >= 15 is 0 Å². The van der Waals surface area contributed by atoms with Crippen molar-refractivity contribution < 1.29 is 4.39 Å². The molecule has 1 N–H and O–H groups in total. The van der Waals surface area contributed by atoms with E-state index in [0.29, 0.717) is 28.6 Å². The van der Waals surface area contributed by atoms with Gasteiger partial charge in [0.2, 0.25) is 5.95 Å². The minimum absolute atomic E-state index is 0.393. The van der Waals surface area contributed by atoms with Crippen LogP contribution < -0.4 is 4.90 Å². The third-order valence-corrected chi connectivity index (χ3v) is 4.65. The summed E-state index contributed by atoms with van der Waals surface area (Å²) < 4.78 is 16.8. The molecule has 1 aliphatic rings. The Balaban J connectivity index is 1.78. The number of fused-ring (bicyclic) bond motifs is 2. The molecule has 0 saturated carbocycles. The monoisotopic (exact) mass is 405 g/mol. The number of H-pyrrole nitrogens is 1. The van der Waals surface area contributed by atoms with Gasteiger partial charge in [0.1, 0.15) is 0 Å². The van der Waals surface area contributed by atoms with Gasteiger partial charge < -0.3 is 4.98 Å². The van der Waals surface area contributed by atoms with Crippen LogP contribution in [0, 0.1) is 5.82 Å². The lowest BCUT2D eigenvalue weighted by Gasteiger charge is -2.27. The fourth-order valence-corrected chi connectivity index (χ4v) is 3.48. The fraction of sp³-hybridized carbons (Fsp3) is 0.375. The van der Waals surface area contributed by atoms with E-state index in [9.17, 15) is 4.39 Å². The fourth-order valence-electron chi connectivity index (χ4n) is 3.08. The van der Waals surface area contributed by atoms with Crippen molar-refractivity contribution in [3.05, 3.63) is 34.7 Å². The van der Waals surface area contributed by atoms with Crippen molar-refractivity contribution >= 4 is 27.7 Å². The van der Waals surface area contributed by atoms with Crippen molar-refractivity contribution in [1.82, 2.24) is 29.7 Å². The normalized spacial score (nSPS) is 13.0. The van der Waals surface area contributed by atoms with Gasteiger partial charge in [-0.05, 0) is 28.4 Å². The number of anilines is 2. The molecule has 0 aromatic carbocycles. The molecule has 3 aromatic heterocycles. The molecule has 0 aliphatic carbocycles. The van der Waals surface area contributed by atoms with Crippen LogP contribution in [-0.4, -0.2) is 36.3 Å². The second-order valence-electron chi connectivity index (χ2n) is 5.95. The molecule has 0 amide bonds. The Morgan fingerprint density at radius 1 is 1.32 bits per heavy atom. The summed E-state index contributed by atoms with van der Waals surface area (Å²) in [6.07, 6.45) is 6.02. The number of pyridine rings is 1. The van der Waals surface area contributed by atoms with Crippen LogP contribution in [0.1, 0.15) is 31.9 Å². The maximum atomic E-state index is 14.2. The number of halogens is 2. The average Bonchev–Trinajstić information content (AvgIpc) is 3.17. The maximum absolute atomic E-state index is 14.2. The van der Waals surface area contributed by atoms with Gasteiger partial charge in [0.15, 0.2) is 22.2 Å². The Morgan fingerprint density at radius 3 is 3.00 bits per heavy atom. The first-order chi connectivity index (χ1) is 12.2. The lowest BCUT2D eigenvalue weighted by molar-refractivity contribution is 0.620. The Hall–Kier alpha value is -2.29. The van der Waals surface area contributed by atoms with Gasteiger partial charge in [-0.15, -0.1) is 10.2 Å². The molecule has 9 heteroatoms. The number of hydrogen-bond acceptors (Lipinski definition) is 5. The van der Waals surface area contributed by atoms with Crippen LogP contribution in [-0.2, 0) is 6.54 Å². The molecule has 0 fully saturated rings. The molecule has 3 aromatic rings. The van der Waals surface area contributed by atoms with Crippen LogP contribution in [0.3, 0.4) is 0 Å². The van der Waals surface area contributed by atoms with E-state index in [-0.39, 0.29) is 0 Å². The molecule has 1 aliphatic heterocycles. The van der Waals surface area contributed by atoms with Crippen molar-refractivity contribution in [2.45, 2.75) is 32.7 Å². The number of aromatic amines is 1. The Bertz CT molecular complexity index is 904. The topological polar surface area (TPSA) is 75.5 Å². The molecule has 0 unspecified atom stereocenters. The van der Waals surface area contributed by atoms with Crippen LogP contribution >= 0.6 is 15.9 Å². The van der Waals surface area contributed by atoms with E-state index in [2.05, 4.69) is 48.0 Å². The highest BCUT2D eigenvalue weighted by Gasteiger charge is 2.30. The molecule has 25 heavy (non-hydrogen) atoms. The molecule has 0 bridgehead atoms. The quantitative estimate of drug-likeness (QED) is 0.655. The standard InChI is InChI=1S/C16H17BrFN7/c1-2-3-4-7-24-14-12(20-15(17)21-14)9-25-13(22-23-16(24)25)10-5-6-19-8-11(10)18/h5-6,8H,2-4,7,9H2,1H3,(H,20,21). The van der Waals surface area contributed by atoms with E-state index in [4.69, 9.17) is 0 Å². The molecule has 7 nitrogen and oxygen atoms in total. The number of unbranched alkanes of at least 4 members (excludes halogenated alkanes) is 2. The Kier molecular flexibility index (Phi) is 4.24. The minimum Gasteiger partial charge on any atom is -0.333 e. The lowest BCUT2D eigenvalue weighted by atomic mass is 10.2. The van der Waals surface area contributed by atoms with Crippen molar-refractivity contribution in [2.24, 2.45) is 0 Å². The zero-order valence-electron chi connectivity index (χ0n) is 13.7. The van der Waals surface area contributed by atoms with Gasteiger partial charge in [-0.25, -0.2) is 9.37 Å². The summed E-state index contributed by atoms with van der Waals surface area (Å²) in [5, 5.41) is 8.57. The number of hydrogen-bond donors (Lipinski definition) is 1. The minimum atomic E-state index is -0.410. The lowest BCUT2D eigenvalue weighted by Crippen LogP contribution is -2.28. The third kappa shape index (κ3) is 2.82. The van der Waals surface area contributed by atoms with Crippen LogP contribution in [0.5, 0.6) is 0 Å². The van der Waals surface area contributed by atoms with Gasteiger partial charge in [-0.1, -0.05) is 19.8 Å². The van der Waals surface area contributed by atoms with Crippen molar-refractivity contribution in [1.29, 1.82) is 0 Å². The van der Waals surface area contributed by atoms with Gasteiger partial charge in [0.05, 0.1) is 24.0 Å². The second-order valence-corrected chi connectivity index (χ2v) is 6.70. The molecular formula is C16H17BrFN7. The summed E-state index contributed by atoms with van der Waals surface area (Å²) in [7, 11) is 0. The highest BCUT2D eigenvalue weighted by Crippen LogP contribution is 2.36. The first kappa shape index (κ1) is 16.2. The van der Waals surface area contributed by atoms with Gasteiger partial charge in [0.25, 0.3) is 0 Å². The molecule has 0 spiro atoms. The largest absolute Gasteiger partial charge is 0.333 e. The number of rotatable bonds is 5. The predicted octanol–water partition coefficient (Wildman–Crippen LogP) is 3.65. The molecule has 0 atom stereocenters. The Morgan fingerprint density at radius 2 is 2.20 bits per heavy atom. The molecule has 4 heterocycles. The van der Waals surface area contributed by atoms with Crippen molar-refractivity contribution in [3.63, 3.8) is 0 Å². The third-order valence-electron chi connectivity index (χ3n) is 4.27. The van der Waals surface area contributed by atoms with Crippen LogP contribution in [0.4, 0.5) is 16.2 Å². The van der Waals surface area contributed by atoms with Crippen LogP contribution in [0.15, 0.2) is 23.2 Å². The number of imidazole rings is 1. The molecule has 4 rings (SSSR count). The van der Waals surface area contributed by atoms with E-state index in [1.807, 2.05) is 9.47 Å². The van der Waals surface area contributed by atoms with Gasteiger partial charge in [-0.2, -0.15) is 0 Å². The predicted molar refractivity (Wildman–Crippen MR) is 95.1 cm³/mol. The second kappa shape index (κ2) is 6.55. The highest BCUT2D eigenvalue weighted by molar-refractivity contribution is 9.10. The summed E-state index contributed by atoms with van der Waals surface area (Å²) >= 11 is 3.40. The molecule has 130 valence electrons. The highest BCUT2D eigenvalue weighted by atomic mass is 79.9. The number of nitrogens with one attached hydrogen (secondary N) is 1. The van der Waals surface area contributed by atoms with Gasteiger partial charge in [-0.3, -0.25) is 14.5 Å². The molecule has 0 saturated heterocycles. The zero-order valence-corrected chi connectivity index (χ0v) is 15.3. The van der Waals surface area contributed by atoms with Crippen molar-refractivity contribution in [3.8, 4) is 11.4 Å². The number of aromatic nitrogens is 6. The van der Waals surface area contributed by atoms with Crippen LogP contribution in [0.2, 0.25) is 0 Å². The van der Waals surface area contributed by atoms with Gasteiger partial charge >= 0.3 is 0 Å². The molecular weight excluding hydrogens is 389 g/mol. The maximum Gasteiger partial charge on any atom is 0.233 e. The van der Waals surface area contributed by atoms with E-state index < -0.39 is 5.82 Å². The summed E-state index contributed by atoms with van der Waals surface area (Å²) in [5.41, 5.74) is 1.34. The van der Waals surface area contributed by atoms with Crippen LogP contribution in [0.25, 0.3) is 11.4 Å². The summed E-state index contributed by atoms with van der Waals surface area (Å²) in [4.78, 5) is 13.6. The zero-order chi connectivity index (χ0) is 17.4. The summed E-state index contributed by atoms with van der Waals surface area (Å²) in [6, 6.07) is 1.62. The SMILES string of the molecule is CCCCCN1c2nc(Br)[nH]c2Cn2c(-c3ccncc3F)nnc21. The van der Waals surface area contributed by atoms with E-state index in [0.717, 1.165) is 37.3 Å². The first-order valence-corrected chi connectivity index (χ1v) is 9.03. The molecule has 0 radical (unpaired) electrons. The first-order valence-electron chi connectivity index (χ1n) is 8.24. The Labute approximate surface area is 152 Å². The smallest absolute Gasteiger partial charge is 0.233 e. The van der Waals surface area contributed by atoms with E-state index in [1.54, 1.807) is 12.3 Å².